The molecule has 80 valence electrons. The van der Waals surface area contributed by atoms with E-state index in [1.54, 1.807) is 0 Å². The third kappa shape index (κ3) is 2.44. The van der Waals surface area contributed by atoms with Gasteiger partial charge in [-0.25, -0.2) is 0 Å². The van der Waals surface area contributed by atoms with Crippen LogP contribution >= 0.6 is 11.8 Å². The molecule has 1 saturated carbocycles. The number of nitrogens with one attached hydrogen (secondary N) is 1. The maximum absolute atomic E-state index is 4.54. The second-order valence-electron chi connectivity index (χ2n) is 5.08. The van der Waals surface area contributed by atoms with Crippen LogP contribution in [0.1, 0.15) is 33.1 Å². The summed E-state index contributed by atoms with van der Waals surface area (Å²) in [5, 5.41) is 4.67. The van der Waals surface area contributed by atoms with Gasteiger partial charge < -0.3 is 5.32 Å². The largest absolute Gasteiger partial charge is 0.364 e. The monoisotopic (exact) mass is 212 g/mol. The van der Waals surface area contributed by atoms with Gasteiger partial charge in [0.1, 0.15) is 0 Å². The van der Waals surface area contributed by atoms with E-state index in [1.807, 2.05) is 11.8 Å². The first-order valence-corrected chi connectivity index (χ1v) is 6.58. The Hall–Kier alpha value is -0.180. The zero-order valence-corrected chi connectivity index (χ0v) is 9.99. The first-order chi connectivity index (χ1) is 6.68. The van der Waals surface area contributed by atoms with Gasteiger partial charge in [-0.3, -0.25) is 4.99 Å². The normalized spacial score (nSPS) is 30.4. The van der Waals surface area contributed by atoms with E-state index in [9.17, 15) is 0 Å². The van der Waals surface area contributed by atoms with Crippen molar-refractivity contribution in [3.63, 3.8) is 0 Å². The van der Waals surface area contributed by atoms with Crippen molar-refractivity contribution < 1.29 is 0 Å². The van der Waals surface area contributed by atoms with Crippen LogP contribution in [0.15, 0.2) is 4.99 Å². The van der Waals surface area contributed by atoms with E-state index in [2.05, 4.69) is 24.2 Å². The van der Waals surface area contributed by atoms with Gasteiger partial charge in [0.15, 0.2) is 5.17 Å². The lowest BCUT2D eigenvalue weighted by atomic mass is 9.70. The molecule has 0 spiro atoms. The Morgan fingerprint density at radius 2 is 2.36 bits per heavy atom. The molecule has 2 nitrogen and oxygen atoms in total. The molecule has 1 fully saturated rings. The number of rotatable bonds is 2. The van der Waals surface area contributed by atoms with Gasteiger partial charge in [-0.1, -0.05) is 32.0 Å². The van der Waals surface area contributed by atoms with Gasteiger partial charge in [0.2, 0.25) is 0 Å². The number of hydrogen-bond donors (Lipinski definition) is 1. The highest BCUT2D eigenvalue weighted by Gasteiger charge is 2.31. The Kier molecular flexibility index (Phi) is 3.05. The first kappa shape index (κ1) is 10.3. The minimum Gasteiger partial charge on any atom is -0.364 e. The van der Waals surface area contributed by atoms with E-state index in [-0.39, 0.29) is 0 Å². The van der Waals surface area contributed by atoms with Crippen molar-refractivity contribution in [3.8, 4) is 0 Å². The van der Waals surface area contributed by atoms with E-state index < -0.39 is 0 Å². The van der Waals surface area contributed by atoms with E-state index in [0.717, 1.165) is 19.0 Å². The Morgan fingerprint density at radius 1 is 1.57 bits per heavy atom. The minimum atomic E-state index is 0.562. The van der Waals surface area contributed by atoms with Crippen molar-refractivity contribution in [2.75, 3.05) is 18.8 Å². The molecule has 2 rings (SSSR count). The lowest BCUT2D eigenvalue weighted by molar-refractivity contribution is 0.166. The zero-order valence-electron chi connectivity index (χ0n) is 9.18. The van der Waals surface area contributed by atoms with Gasteiger partial charge >= 0.3 is 0 Å². The molecule has 2 aliphatic rings. The molecular weight excluding hydrogens is 192 g/mol. The lowest BCUT2D eigenvalue weighted by Crippen LogP contribution is -2.40. The number of nitrogens with zero attached hydrogens (tertiary/aromatic N) is 1. The van der Waals surface area contributed by atoms with E-state index in [0.29, 0.717) is 5.41 Å². The molecule has 0 aromatic carbocycles. The topological polar surface area (TPSA) is 24.4 Å². The summed E-state index contributed by atoms with van der Waals surface area (Å²) in [7, 11) is 0. The zero-order chi connectivity index (χ0) is 10.0. The number of aliphatic imine (C=N–C) groups is 1. The average Bonchev–Trinajstić information content (AvgIpc) is 2.14. The molecule has 1 heterocycles. The van der Waals surface area contributed by atoms with Gasteiger partial charge in [-0.15, -0.1) is 0 Å². The summed E-state index contributed by atoms with van der Waals surface area (Å²) in [5.41, 5.74) is 0.562. The van der Waals surface area contributed by atoms with Crippen LogP contribution in [-0.4, -0.2) is 24.0 Å². The molecule has 1 aliphatic heterocycles. The Bertz CT molecular complexity index is 233. The van der Waals surface area contributed by atoms with Crippen LogP contribution in [0.3, 0.4) is 0 Å². The quantitative estimate of drug-likeness (QED) is 0.760. The predicted octanol–water partition coefficient (Wildman–Crippen LogP) is 2.51. The Labute approximate surface area is 90.9 Å². The molecule has 1 N–H and O–H groups in total. The van der Waals surface area contributed by atoms with Gasteiger partial charge in [0.25, 0.3) is 0 Å². The summed E-state index contributed by atoms with van der Waals surface area (Å²) in [6.45, 7) is 6.76. The van der Waals surface area contributed by atoms with Crippen LogP contribution in [0.4, 0.5) is 0 Å². The van der Waals surface area contributed by atoms with E-state index >= 15 is 0 Å². The molecule has 3 heteroatoms. The van der Waals surface area contributed by atoms with Crippen molar-refractivity contribution in [2.45, 2.75) is 33.1 Å². The van der Waals surface area contributed by atoms with E-state index in [4.69, 9.17) is 0 Å². The standard InChI is InChI=1S/C11H20N2S/c1-9-6-12-10(14-7-9)13-8-11(2)4-3-5-11/h9H,3-8H2,1-2H3,(H,12,13). The first-order valence-electron chi connectivity index (χ1n) is 5.59. The van der Waals surface area contributed by atoms with Crippen LogP contribution in [0.5, 0.6) is 0 Å². The highest BCUT2D eigenvalue weighted by molar-refractivity contribution is 8.13. The molecule has 1 unspecified atom stereocenters. The molecule has 0 amide bonds. The lowest BCUT2D eigenvalue weighted by Gasteiger charge is -2.39. The summed E-state index contributed by atoms with van der Waals surface area (Å²) in [6, 6.07) is 0. The molecule has 0 aromatic rings. The molecule has 0 aromatic heterocycles. The van der Waals surface area contributed by atoms with Crippen molar-refractivity contribution in [1.29, 1.82) is 0 Å². The fraction of sp³-hybridized carbons (Fsp3) is 0.909. The molecule has 0 saturated heterocycles. The van der Waals surface area contributed by atoms with Gasteiger partial charge in [-0.2, -0.15) is 0 Å². The van der Waals surface area contributed by atoms with Crippen molar-refractivity contribution in [2.24, 2.45) is 16.3 Å². The van der Waals surface area contributed by atoms with Gasteiger partial charge in [-0.05, 0) is 24.2 Å². The van der Waals surface area contributed by atoms with Crippen LogP contribution in [0.2, 0.25) is 0 Å². The SMILES string of the molecule is CC1CN=C(NCC2(C)CCC2)SC1. The van der Waals surface area contributed by atoms with Gasteiger partial charge in [0, 0.05) is 18.8 Å². The number of thioether (sulfide) groups is 1. The summed E-state index contributed by atoms with van der Waals surface area (Å²) < 4.78 is 0. The number of hydrogen-bond acceptors (Lipinski definition) is 3. The second-order valence-corrected chi connectivity index (χ2v) is 6.09. The molecule has 0 radical (unpaired) electrons. The third-order valence-corrected chi connectivity index (χ3v) is 4.56. The Morgan fingerprint density at radius 3 is 2.86 bits per heavy atom. The van der Waals surface area contributed by atoms with Crippen LogP contribution < -0.4 is 5.32 Å². The average molecular weight is 212 g/mol. The van der Waals surface area contributed by atoms with Crippen LogP contribution in [0.25, 0.3) is 0 Å². The highest BCUT2D eigenvalue weighted by atomic mass is 32.2. The van der Waals surface area contributed by atoms with Crippen molar-refractivity contribution in [3.05, 3.63) is 0 Å². The third-order valence-electron chi connectivity index (χ3n) is 3.28. The fourth-order valence-electron chi connectivity index (χ4n) is 1.91. The second kappa shape index (κ2) is 4.13. The fourth-order valence-corrected chi connectivity index (χ4v) is 2.80. The van der Waals surface area contributed by atoms with Crippen molar-refractivity contribution >= 4 is 16.9 Å². The highest BCUT2D eigenvalue weighted by Crippen LogP contribution is 2.39. The van der Waals surface area contributed by atoms with Crippen LogP contribution in [-0.2, 0) is 0 Å². The van der Waals surface area contributed by atoms with Crippen LogP contribution in [0, 0.1) is 11.3 Å². The summed E-state index contributed by atoms with van der Waals surface area (Å²) in [6.07, 6.45) is 4.18. The maximum atomic E-state index is 4.54. The molecular formula is C11H20N2S. The molecule has 0 bridgehead atoms. The minimum absolute atomic E-state index is 0.562. The maximum Gasteiger partial charge on any atom is 0.156 e. The Balaban J connectivity index is 1.75. The van der Waals surface area contributed by atoms with E-state index in [1.165, 1.54) is 30.2 Å². The summed E-state index contributed by atoms with van der Waals surface area (Å²) in [4.78, 5) is 4.54. The summed E-state index contributed by atoms with van der Waals surface area (Å²) in [5.74, 6) is 1.98. The van der Waals surface area contributed by atoms with Crippen molar-refractivity contribution in [1.82, 2.24) is 5.32 Å². The number of amidine groups is 1. The molecule has 1 atom stereocenters. The smallest absolute Gasteiger partial charge is 0.156 e. The summed E-state index contributed by atoms with van der Waals surface area (Å²) >= 11 is 1.89. The van der Waals surface area contributed by atoms with Gasteiger partial charge in [0.05, 0.1) is 0 Å². The molecule has 14 heavy (non-hydrogen) atoms. The molecule has 1 aliphatic carbocycles. The predicted molar refractivity (Wildman–Crippen MR) is 63.9 cm³/mol.